The fourth-order valence-corrected chi connectivity index (χ4v) is 1.60. The van der Waals surface area contributed by atoms with Crippen LogP contribution in [0.1, 0.15) is 15.9 Å². The Kier molecular flexibility index (Phi) is 3.60. The number of hydrogen-bond acceptors (Lipinski definition) is 5. The number of carbonyl (C=O) groups is 1. The Morgan fingerprint density at radius 3 is 2.65 bits per heavy atom. The van der Waals surface area contributed by atoms with E-state index in [0.717, 1.165) is 11.8 Å². The quantitative estimate of drug-likeness (QED) is 0.655. The summed E-state index contributed by atoms with van der Waals surface area (Å²) in [6, 6.07) is 7.46. The van der Waals surface area contributed by atoms with Crippen molar-refractivity contribution in [2.75, 3.05) is 5.32 Å². The van der Waals surface area contributed by atoms with E-state index >= 15 is 0 Å². The van der Waals surface area contributed by atoms with Gasteiger partial charge in [-0.25, -0.2) is 9.78 Å². The molecule has 0 unspecified atom stereocenters. The zero-order valence-electron chi connectivity index (χ0n) is 10.5. The maximum atomic E-state index is 10.9. The smallest absolute Gasteiger partial charge is 0.335 e. The van der Waals surface area contributed by atoms with Crippen LogP contribution >= 0.6 is 0 Å². The minimum absolute atomic E-state index is 0.105. The highest BCUT2D eigenvalue weighted by molar-refractivity contribution is 5.89. The van der Waals surface area contributed by atoms with Crippen molar-refractivity contribution in [3.8, 4) is 0 Å². The predicted molar refractivity (Wildman–Crippen MR) is 72.3 cm³/mol. The van der Waals surface area contributed by atoms with Crippen LogP contribution in [-0.4, -0.2) is 21.0 Å². The number of aromatic carboxylic acids is 1. The Hall–Kier alpha value is -2.96. The number of benzene rings is 1. The second-order valence-electron chi connectivity index (χ2n) is 4.12. The third-order valence-corrected chi connectivity index (χ3v) is 2.71. The number of pyridine rings is 1. The molecule has 0 amide bonds. The van der Waals surface area contributed by atoms with E-state index in [2.05, 4.69) is 10.3 Å². The van der Waals surface area contributed by atoms with E-state index in [1.54, 1.807) is 6.07 Å². The van der Waals surface area contributed by atoms with Crippen molar-refractivity contribution in [1.29, 1.82) is 0 Å². The van der Waals surface area contributed by atoms with Gasteiger partial charge in [0.05, 0.1) is 10.5 Å². The first kappa shape index (κ1) is 13.5. The fraction of sp³-hybridized carbons (Fsp3) is 0.0769. The number of carboxylic acids is 1. The molecule has 0 fully saturated rings. The normalized spacial score (nSPS) is 10.1. The molecule has 1 aromatic heterocycles. The molecule has 20 heavy (non-hydrogen) atoms. The third kappa shape index (κ3) is 2.89. The predicted octanol–water partition coefficient (Wildman–Crippen LogP) is 2.74. The van der Waals surface area contributed by atoms with Gasteiger partial charge < -0.3 is 10.4 Å². The van der Waals surface area contributed by atoms with Crippen LogP contribution in [0, 0.1) is 17.0 Å². The first-order valence-corrected chi connectivity index (χ1v) is 5.69. The highest BCUT2D eigenvalue weighted by Gasteiger charge is 2.08. The first-order chi connectivity index (χ1) is 9.47. The van der Waals surface area contributed by atoms with Crippen molar-refractivity contribution < 1.29 is 14.8 Å². The summed E-state index contributed by atoms with van der Waals surface area (Å²) in [7, 11) is 0. The number of aryl methyl sites for hydroxylation is 1. The minimum atomic E-state index is -1.02. The molecule has 2 N–H and O–H groups in total. The topological polar surface area (TPSA) is 105 Å². The van der Waals surface area contributed by atoms with Crippen LogP contribution in [0.3, 0.4) is 0 Å². The van der Waals surface area contributed by atoms with E-state index in [4.69, 9.17) is 5.11 Å². The first-order valence-electron chi connectivity index (χ1n) is 5.69. The number of nitrogens with zero attached hydrogens (tertiary/aromatic N) is 2. The maximum absolute atomic E-state index is 10.9. The number of nitro groups is 1. The van der Waals surface area contributed by atoms with Crippen molar-refractivity contribution >= 4 is 23.2 Å². The van der Waals surface area contributed by atoms with Gasteiger partial charge in [-0.05, 0) is 30.7 Å². The number of rotatable bonds is 4. The van der Waals surface area contributed by atoms with Crippen LogP contribution in [0.5, 0.6) is 0 Å². The van der Waals surface area contributed by atoms with Gasteiger partial charge >= 0.3 is 5.97 Å². The molecule has 0 radical (unpaired) electrons. The van der Waals surface area contributed by atoms with Crippen LogP contribution < -0.4 is 5.32 Å². The molecule has 2 rings (SSSR count). The maximum Gasteiger partial charge on any atom is 0.335 e. The molecule has 0 aliphatic carbocycles. The second kappa shape index (κ2) is 5.35. The largest absolute Gasteiger partial charge is 0.478 e. The second-order valence-corrected chi connectivity index (χ2v) is 4.12. The van der Waals surface area contributed by atoms with Gasteiger partial charge in [-0.1, -0.05) is 6.07 Å². The van der Waals surface area contributed by atoms with Gasteiger partial charge in [-0.15, -0.1) is 0 Å². The zero-order valence-corrected chi connectivity index (χ0v) is 10.5. The van der Waals surface area contributed by atoms with Gasteiger partial charge in [0.25, 0.3) is 5.69 Å². The Labute approximate surface area is 114 Å². The summed E-state index contributed by atoms with van der Waals surface area (Å²) < 4.78 is 0. The SMILES string of the molecule is Cc1ccc(C(=O)O)cc1Nc1ccc([N+](=O)[O-])cn1. The third-order valence-electron chi connectivity index (χ3n) is 2.71. The van der Waals surface area contributed by atoms with Gasteiger partial charge in [0.2, 0.25) is 0 Å². The summed E-state index contributed by atoms with van der Waals surface area (Å²) in [5.74, 6) is -0.619. The van der Waals surface area contributed by atoms with E-state index in [-0.39, 0.29) is 11.3 Å². The molecular formula is C13H11N3O4. The number of nitrogens with one attached hydrogen (secondary N) is 1. The van der Waals surface area contributed by atoms with Crippen LogP contribution in [0.25, 0.3) is 0 Å². The summed E-state index contributed by atoms with van der Waals surface area (Å²) in [6.45, 7) is 1.82. The minimum Gasteiger partial charge on any atom is -0.478 e. The van der Waals surface area contributed by atoms with Gasteiger partial charge in [0.15, 0.2) is 0 Å². The Bertz CT molecular complexity index is 668. The van der Waals surface area contributed by atoms with Gasteiger partial charge in [0.1, 0.15) is 12.0 Å². The average molecular weight is 273 g/mol. The van der Waals surface area contributed by atoms with Gasteiger partial charge in [-0.3, -0.25) is 10.1 Å². The molecule has 0 bridgehead atoms. The lowest BCUT2D eigenvalue weighted by Gasteiger charge is -2.09. The Morgan fingerprint density at radius 1 is 1.35 bits per heavy atom. The number of carboxylic acid groups (broad SMARTS) is 1. The van der Waals surface area contributed by atoms with Crippen molar-refractivity contribution in [3.63, 3.8) is 0 Å². The van der Waals surface area contributed by atoms with Crippen molar-refractivity contribution in [1.82, 2.24) is 4.98 Å². The van der Waals surface area contributed by atoms with E-state index in [1.165, 1.54) is 24.3 Å². The molecule has 0 aliphatic heterocycles. The van der Waals surface area contributed by atoms with E-state index in [0.29, 0.717) is 11.5 Å². The number of anilines is 2. The lowest BCUT2D eigenvalue weighted by Crippen LogP contribution is -2.01. The molecule has 1 heterocycles. The standard InChI is InChI=1S/C13H11N3O4/c1-8-2-3-9(13(17)18)6-11(8)15-12-5-4-10(7-14-12)16(19)20/h2-7H,1H3,(H,14,15)(H,17,18). The number of hydrogen-bond donors (Lipinski definition) is 2. The molecule has 0 aliphatic rings. The summed E-state index contributed by atoms with van der Waals surface area (Å²) >= 11 is 0. The van der Waals surface area contributed by atoms with E-state index < -0.39 is 10.9 Å². The molecule has 0 atom stereocenters. The zero-order chi connectivity index (χ0) is 14.7. The average Bonchev–Trinajstić information content (AvgIpc) is 2.41. The van der Waals surface area contributed by atoms with E-state index in [9.17, 15) is 14.9 Å². The lowest BCUT2D eigenvalue weighted by molar-refractivity contribution is -0.385. The van der Waals surface area contributed by atoms with Crippen molar-refractivity contribution in [2.45, 2.75) is 6.92 Å². The summed E-state index contributed by atoms with van der Waals surface area (Å²) in [5.41, 5.74) is 1.48. The fourth-order valence-electron chi connectivity index (χ4n) is 1.60. The Morgan fingerprint density at radius 2 is 2.10 bits per heavy atom. The van der Waals surface area contributed by atoms with Crippen LogP contribution in [0.4, 0.5) is 17.2 Å². The van der Waals surface area contributed by atoms with E-state index in [1.807, 2.05) is 6.92 Å². The van der Waals surface area contributed by atoms with Crippen LogP contribution in [0.2, 0.25) is 0 Å². The molecule has 0 saturated heterocycles. The molecule has 7 heteroatoms. The molecule has 2 aromatic rings. The van der Waals surface area contributed by atoms with Crippen molar-refractivity contribution in [3.05, 3.63) is 57.8 Å². The molecule has 0 saturated carbocycles. The highest BCUT2D eigenvalue weighted by atomic mass is 16.6. The lowest BCUT2D eigenvalue weighted by atomic mass is 10.1. The summed E-state index contributed by atoms with van der Waals surface area (Å²) in [6.07, 6.45) is 1.14. The summed E-state index contributed by atoms with van der Waals surface area (Å²) in [5, 5.41) is 22.4. The monoisotopic (exact) mass is 273 g/mol. The Balaban J connectivity index is 2.27. The van der Waals surface area contributed by atoms with Crippen LogP contribution in [0.15, 0.2) is 36.5 Å². The number of aromatic nitrogens is 1. The van der Waals surface area contributed by atoms with Crippen molar-refractivity contribution in [2.24, 2.45) is 0 Å². The molecule has 102 valence electrons. The van der Waals surface area contributed by atoms with Crippen LogP contribution in [-0.2, 0) is 0 Å². The summed E-state index contributed by atoms with van der Waals surface area (Å²) in [4.78, 5) is 24.8. The molecule has 1 aromatic carbocycles. The van der Waals surface area contributed by atoms with Gasteiger partial charge in [0, 0.05) is 11.8 Å². The van der Waals surface area contributed by atoms with Gasteiger partial charge in [-0.2, -0.15) is 0 Å². The molecule has 7 nitrogen and oxygen atoms in total. The highest BCUT2D eigenvalue weighted by Crippen LogP contribution is 2.22. The molecular weight excluding hydrogens is 262 g/mol. The molecule has 0 spiro atoms.